The van der Waals surface area contributed by atoms with Gasteiger partial charge in [0.25, 0.3) is 0 Å². The number of aliphatic hydroxyl groups excluding tert-OH is 4. The summed E-state index contributed by atoms with van der Waals surface area (Å²) in [6, 6.07) is 16.4. The summed E-state index contributed by atoms with van der Waals surface area (Å²) in [5, 5.41) is 46.7. The van der Waals surface area contributed by atoms with Gasteiger partial charge in [-0.05, 0) is 98.3 Å². The van der Waals surface area contributed by atoms with Crippen LogP contribution in [0.4, 0.5) is 0 Å². The Balaban J connectivity index is 1.15. The molecule has 3 atom stereocenters. The van der Waals surface area contributed by atoms with Crippen LogP contribution in [-0.4, -0.2) is 124 Å². The molecule has 0 saturated heterocycles. The largest absolute Gasteiger partial charge is 0.490 e. The van der Waals surface area contributed by atoms with Gasteiger partial charge in [0.15, 0.2) is 0 Å². The molecular formula is C40H54ClN5O7S. The molecule has 0 radical (unpaired) electrons. The molecule has 2 aliphatic rings. The van der Waals surface area contributed by atoms with E-state index in [2.05, 4.69) is 33.8 Å². The fraction of sp³-hybridized carbons (Fsp3) is 0.525. The smallest absolute Gasteiger partial charge is 0.225 e. The SMILES string of the molecule is CNCCN(C=O)CCN(CCCCSc1ccc(Cl)c(CNC2(c3cnccc3-c3ccccc3OC3CC3)CC2)c1)C(=O)CC(O)C(O)C(O)CO. The van der Waals surface area contributed by atoms with Crippen molar-refractivity contribution in [3.05, 3.63) is 77.1 Å². The van der Waals surface area contributed by atoms with Crippen LogP contribution < -0.4 is 15.4 Å². The minimum absolute atomic E-state index is 0.200. The number of unbranched alkanes of at least 4 members (excludes halogenated alkanes) is 1. The van der Waals surface area contributed by atoms with Crippen LogP contribution in [0.2, 0.25) is 5.02 Å². The maximum absolute atomic E-state index is 13.2. The van der Waals surface area contributed by atoms with Crippen molar-refractivity contribution < 1.29 is 34.8 Å². The molecule has 0 bridgehead atoms. The first-order valence-electron chi connectivity index (χ1n) is 18.8. The lowest BCUT2D eigenvalue weighted by Crippen LogP contribution is -2.45. The molecule has 3 unspecified atom stereocenters. The summed E-state index contributed by atoms with van der Waals surface area (Å²) >= 11 is 8.42. The Labute approximate surface area is 327 Å². The van der Waals surface area contributed by atoms with Gasteiger partial charge in [-0.1, -0.05) is 29.8 Å². The number of carbonyl (C=O) groups is 2. The summed E-state index contributed by atoms with van der Waals surface area (Å²) in [6.07, 6.45) is 5.35. The number of hydrogen-bond donors (Lipinski definition) is 6. The standard InChI is InChI=1S/C40H54ClN5O7S/c1-42-16-18-45(27-48)19-20-46(38(51)23-35(49)39(52)36(50)26-47)17-4-5-21-54-30-10-11-34(41)28(22-30)24-44-40(13-14-40)33-25-43-15-12-31(33)32-6-2-3-7-37(32)53-29-8-9-29/h2-3,6-7,10-12,15,22,25,27,29,35-36,39,42,44,47,49-50,52H,4-5,8-9,13-14,16-21,23-24,26H2,1H3. The molecule has 2 aliphatic carbocycles. The van der Waals surface area contributed by atoms with E-state index in [4.69, 9.17) is 21.4 Å². The topological polar surface area (TPSA) is 168 Å². The summed E-state index contributed by atoms with van der Waals surface area (Å²) in [5.74, 6) is 1.30. The number of aromatic nitrogens is 1. The van der Waals surface area contributed by atoms with Gasteiger partial charge in [-0.2, -0.15) is 0 Å². The normalized spacial score (nSPS) is 16.3. The van der Waals surface area contributed by atoms with Crippen LogP contribution in [0, 0.1) is 0 Å². The Morgan fingerprint density at radius 1 is 1.06 bits per heavy atom. The second kappa shape index (κ2) is 20.6. The van der Waals surface area contributed by atoms with Gasteiger partial charge in [0.1, 0.15) is 18.0 Å². The number of carbonyl (C=O) groups excluding carboxylic acids is 2. The number of nitrogens with one attached hydrogen (secondary N) is 2. The maximum atomic E-state index is 13.2. The predicted molar refractivity (Wildman–Crippen MR) is 210 cm³/mol. The quantitative estimate of drug-likeness (QED) is 0.0423. The molecule has 2 aromatic carbocycles. The fourth-order valence-electron chi connectivity index (χ4n) is 6.35. The number of halogens is 1. The first-order chi connectivity index (χ1) is 26.2. The van der Waals surface area contributed by atoms with E-state index in [-0.39, 0.29) is 12.1 Å². The highest BCUT2D eigenvalue weighted by Crippen LogP contribution is 2.50. The average Bonchev–Trinajstić information content (AvgIpc) is 4.14. The van der Waals surface area contributed by atoms with E-state index in [0.717, 1.165) is 77.2 Å². The van der Waals surface area contributed by atoms with Gasteiger partial charge in [0.05, 0.1) is 25.2 Å². The van der Waals surface area contributed by atoms with Crippen molar-refractivity contribution in [2.24, 2.45) is 0 Å². The highest BCUT2D eigenvalue weighted by atomic mass is 35.5. The Hall–Kier alpha value is -3.27. The molecule has 5 rings (SSSR count). The molecule has 12 nitrogen and oxygen atoms in total. The summed E-state index contributed by atoms with van der Waals surface area (Å²) in [4.78, 5) is 33.5. The first-order valence-corrected chi connectivity index (χ1v) is 20.2. The van der Waals surface area contributed by atoms with Crippen LogP contribution in [0.5, 0.6) is 5.75 Å². The van der Waals surface area contributed by atoms with Crippen LogP contribution in [0.15, 0.2) is 65.8 Å². The van der Waals surface area contributed by atoms with Gasteiger partial charge >= 0.3 is 0 Å². The molecule has 0 aliphatic heterocycles. The van der Waals surface area contributed by atoms with Crippen molar-refractivity contribution in [2.45, 2.75) is 86.3 Å². The van der Waals surface area contributed by atoms with E-state index in [1.165, 1.54) is 0 Å². The van der Waals surface area contributed by atoms with Crippen molar-refractivity contribution >= 4 is 35.7 Å². The summed E-state index contributed by atoms with van der Waals surface area (Å²) in [7, 11) is 1.79. The highest BCUT2D eigenvalue weighted by molar-refractivity contribution is 7.99. The number of aliphatic hydroxyl groups is 4. The van der Waals surface area contributed by atoms with Gasteiger partial charge in [-0.3, -0.25) is 14.6 Å². The number of para-hydroxylation sites is 1. The van der Waals surface area contributed by atoms with E-state index in [1.54, 1.807) is 28.6 Å². The third-order valence-electron chi connectivity index (χ3n) is 9.97. The molecule has 0 spiro atoms. The lowest BCUT2D eigenvalue weighted by molar-refractivity contribution is -0.138. The highest BCUT2D eigenvalue weighted by Gasteiger charge is 2.46. The Bertz CT molecular complexity index is 1660. The number of benzene rings is 2. The zero-order valence-corrected chi connectivity index (χ0v) is 32.5. The molecule has 2 saturated carbocycles. The Morgan fingerprint density at radius 3 is 2.57 bits per heavy atom. The van der Waals surface area contributed by atoms with Crippen LogP contribution >= 0.6 is 23.4 Å². The van der Waals surface area contributed by atoms with E-state index in [0.29, 0.717) is 50.3 Å². The molecule has 3 aromatic rings. The van der Waals surface area contributed by atoms with Crippen molar-refractivity contribution in [1.29, 1.82) is 0 Å². The number of rotatable bonds is 25. The second-order valence-electron chi connectivity index (χ2n) is 14.1. The number of pyridine rings is 1. The van der Waals surface area contributed by atoms with Crippen LogP contribution in [0.3, 0.4) is 0 Å². The lowest BCUT2D eigenvalue weighted by Gasteiger charge is -2.28. The third-order valence-corrected chi connectivity index (χ3v) is 11.4. The minimum Gasteiger partial charge on any atom is -0.490 e. The Morgan fingerprint density at radius 2 is 1.85 bits per heavy atom. The monoisotopic (exact) mass is 783 g/mol. The van der Waals surface area contributed by atoms with E-state index in [9.17, 15) is 24.9 Å². The number of amides is 2. The van der Waals surface area contributed by atoms with E-state index in [1.807, 2.05) is 42.7 Å². The van der Waals surface area contributed by atoms with Crippen molar-refractivity contribution in [1.82, 2.24) is 25.4 Å². The van der Waals surface area contributed by atoms with Gasteiger partial charge in [0, 0.05) is 72.7 Å². The lowest BCUT2D eigenvalue weighted by atomic mass is 9.94. The van der Waals surface area contributed by atoms with E-state index < -0.39 is 37.2 Å². The number of likely N-dealkylation sites (N-methyl/N-ethyl adjacent to an activating group) is 1. The van der Waals surface area contributed by atoms with Crippen molar-refractivity contribution in [3.63, 3.8) is 0 Å². The molecule has 6 N–H and O–H groups in total. The Kier molecular flexibility index (Phi) is 16.0. The molecular weight excluding hydrogens is 730 g/mol. The predicted octanol–water partition coefficient (Wildman–Crippen LogP) is 3.57. The maximum Gasteiger partial charge on any atom is 0.225 e. The van der Waals surface area contributed by atoms with Gasteiger partial charge < -0.3 is 45.6 Å². The van der Waals surface area contributed by atoms with Crippen LogP contribution in [0.1, 0.15) is 56.1 Å². The molecule has 2 amide bonds. The van der Waals surface area contributed by atoms with Crippen molar-refractivity contribution in [3.8, 4) is 16.9 Å². The molecule has 1 heterocycles. The van der Waals surface area contributed by atoms with Crippen LogP contribution in [-0.2, 0) is 21.7 Å². The number of thioether (sulfide) groups is 1. The average molecular weight is 784 g/mol. The van der Waals surface area contributed by atoms with Crippen molar-refractivity contribution in [2.75, 3.05) is 52.1 Å². The van der Waals surface area contributed by atoms with Gasteiger partial charge in [-0.15, -0.1) is 11.8 Å². The number of ether oxygens (including phenoxy) is 1. The zero-order chi connectivity index (χ0) is 38.5. The third kappa shape index (κ3) is 11.9. The molecule has 14 heteroatoms. The number of hydrogen-bond acceptors (Lipinski definition) is 11. The number of nitrogens with zero attached hydrogens (tertiary/aromatic N) is 3. The summed E-state index contributed by atoms with van der Waals surface area (Å²) < 4.78 is 6.27. The molecule has 54 heavy (non-hydrogen) atoms. The molecule has 1 aromatic heterocycles. The zero-order valence-electron chi connectivity index (χ0n) is 30.9. The fourth-order valence-corrected chi connectivity index (χ4v) is 7.50. The van der Waals surface area contributed by atoms with Crippen LogP contribution in [0.25, 0.3) is 11.1 Å². The molecule has 2 fully saturated rings. The second-order valence-corrected chi connectivity index (χ2v) is 15.7. The van der Waals surface area contributed by atoms with Gasteiger partial charge in [0.2, 0.25) is 12.3 Å². The molecule has 294 valence electrons. The van der Waals surface area contributed by atoms with E-state index >= 15 is 0 Å². The first kappa shape index (κ1) is 41.9. The van der Waals surface area contributed by atoms with Gasteiger partial charge in [-0.25, -0.2) is 0 Å². The minimum atomic E-state index is -1.66. The summed E-state index contributed by atoms with van der Waals surface area (Å²) in [5.41, 5.74) is 4.19. The summed E-state index contributed by atoms with van der Waals surface area (Å²) in [6.45, 7) is 1.92.